The molecule has 1 aliphatic carbocycles. The second-order valence-corrected chi connectivity index (χ2v) is 6.17. The van der Waals surface area contributed by atoms with E-state index >= 15 is 0 Å². The first-order chi connectivity index (χ1) is 8.25. The highest BCUT2D eigenvalue weighted by Crippen LogP contribution is 2.37. The highest BCUT2D eigenvalue weighted by Gasteiger charge is 2.20. The fraction of sp³-hybridized carbons (Fsp3) is 0.385. The summed E-state index contributed by atoms with van der Waals surface area (Å²) in [5.41, 5.74) is 1.31. The number of thiophene rings is 1. The molecular weight excluding hydrogens is 273 g/mol. The maximum atomic E-state index is 6.26. The van der Waals surface area contributed by atoms with Gasteiger partial charge in [0.2, 0.25) is 0 Å². The molecule has 0 amide bonds. The van der Waals surface area contributed by atoms with Crippen molar-refractivity contribution in [1.29, 1.82) is 0 Å². The summed E-state index contributed by atoms with van der Waals surface area (Å²) in [5, 5.41) is 8.45. The highest BCUT2D eigenvalue weighted by atomic mass is 35.5. The fourth-order valence-electron chi connectivity index (χ4n) is 2.02. The van der Waals surface area contributed by atoms with E-state index in [1.807, 2.05) is 12.1 Å². The zero-order valence-electron chi connectivity index (χ0n) is 9.30. The Balaban J connectivity index is 1.85. The van der Waals surface area contributed by atoms with Crippen LogP contribution in [0.4, 0.5) is 0 Å². The summed E-state index contributed by atoms with van der Waals surface area (Å²) < 4.78 is 1.11. The third kappa shape index (κ3) is 2.45. The molecule has 1 aromatic carbocycles. The highest BCUT2D eigenvalue weighted by molar-refractivity contribution is 7.18. The van der Waals surface area contributed by atoms with Gasteiger partial charge >= 0.3 is 0 Å². The van der Waals surface area contributed by atoms with Gasteiger partial charge in [-0.15, -0.1) is 11.3 Å². The van der Waals surface area contributed by atoms with Crippen molar-refractivity contribution in [3.05, 3.63) is 33.1 Å². The predicted octanol–water partition coefficient (Wildman–Crippen LogP) is 4.50. The van der Waals surface area contributed by atoms with E-state index in [1.165, 1.54) is 18.4 Å². The van der Waals surface area contributed by atoms with Gasteiger partial charge in [0.15, 0.2) is 0 Å². The molecule has 0 saturated heterocycles. The molecule has 0 radical (unpaired) electrons. The van der Waals surface area contributed by atoms with E-state index in [9.17, 15) is 0 Å². The molecule has 0 atom stereocenters. The van der Waals surface area contributed by atoms with Crippen LogP contribution in [-0.4, -0.2) is 12.6 Å². The molecule has 0 bridgehead atoms. The molecule has 1 nitrogen and oxygen atoms in total. The fourth-order valence-corrected chi connectivity index (χ4v) is 3.68. The Labute approximate surface area is 115 Å². The third-order valence-electron chi connectivity index (χ3n) is 3.10. The molecule has 0 spiro atoms. The average Bonchev–Trinajstić information content (AvgIpc) is 3.03. The van der Waals surface area contributed by atoms with Crippen LogP contribution in [0.3, 0.4) is 0 Å². The maximum Gasteiger partial charge on any atom is 0.0585 e. The second kappa shape index (κ2) is 4.77. The summed E-state index contributed by atoms with van der Waals surface area (Å²) in [5.74, 6) is 0. The van der Waals surface area contributed by atoms with Gasteiger partial charge in [-0.1, -0.05) is 23.2 Å². The number of hydrogen-bond acceptors (Lipinski definition) is 2. The first-order valence-corrected chi connectivity index (χ1v) is 7.47. The number of fused-ring (bicyclic) bond motifs is 1. The Morgan fingerprint density at radius 2 is 2.00 bits per heavy atom. The van der Waals surface area contributed by atoms with Gasteiger partial charge in [0, 0.05) is 16.5 Å². The molecule has 1 N–H and O–H groups in total. The number of benzene rings is 1. The summed E-state index contributed by atoms with van der Waals surface area (Å²) in [6.07, 6.45) is 3.69. The molecule has 1 saturated carbocycles. The molecule has 1 aromatic heterocycles. The number of hydrogen-bond donors (Lipinski definition) is 1. The smallest absolute Gasteiger partial charge is 0.0585 e. The van der Waals surface area contributed by atoms with Crippen molar-refractivity contribution >= 4 is 44.6 Å². The molecule has 90 valence electrons. The summed E-state index contributed by atoms with van der Waals surface area (Å²) in [7, 11) is 0. The van der Waals surface area contributed by atoms with Crippen LogP contribution in [0.25, 0.3) is 10.1 Å². The van der Waals surface area contributed by atoms with E-state index in [0.29, 0.717) is 0 Å². The zero-order valence-corrected chi connectivity index (χ0v) is 11.6. The quantitative estimate of drug-likeness (QED) is 0.872. The molecule has 0 unspecified atom stereocenters. The molecular formula is C13H13Cl2NS. The van der Waals surface area contributed by atoms with Crippen LogP contribution in [-0.2, 0) is 6.42 Å². The van der Waals surface area contributed by atoms with Crippen LogP contribution in [0, 0.1) is 0 Å². The van der Waals surface area contributed by atoms with Gasteiger partial charge in [-0.2, -0.15) is 0 Å². The van der Waals surface area contributed by atoms with Gasteiger partial charge < -0.3 is 5.32 Å². The maximum absolute atomic E-state index is 6.26. The number of halogens is 2. The first kappa shape index (κ1) is 11.8. The van der Waals surface area contributed by atoms with Crippen LogP contribution >= 0.6 is 34.5 Å². The van der Waals surface area contributed by atoms with Crippen molar-refractivity contribution < 1.29 is 0 Å². The minimum Gasteiger partial charge on any atom is -0.314 e. The van der Waals surface area contributed by atoms with Crippen LogP contribution in [0.15, 0.2) is 17.5 Å². The van der Waals surface area contributed by atoms with Gasteiger partial charge in [-0.3, -0.25) is 0 Å². The zero-order chi connectivity index (χ0) is 11.8. The first-order valence-electron chi connectivity index (χ1n) is 5.83. The Kier molecular flexibility index (Phi) is 3.31. The minimum atomic E-state index is 0.763. The lowest BCUT2D eigenvalue weighted by molar-refractivity contribution is 0.684. The van der Waals surface area contributed by atoms with Crippen LogP contribution in [0.1, 0.15) is 18.4 Å². The standard InChI is InChI=1S/C13H13Cl2NS/c14-10-3-4-11(15)13-12(10)8(7-17-13)5-6-16-9-1-2-9/h3-4,7,9,16H,1-2,5-6H2. The SMILES string of the molecule is Clc1ccc(Cl)c2c(CCNC3CC3)csc12. The molecule has 4 heteroatoms. The summed E-state index contributed by atoms with van der Waals surface area (Å²) in [6, 6.07) is 4.52. The molecule has 3 rings (SSSR count). The van der Waals surface area contributed by atoms with Crippen LogP contribution < -0.4 is 5.32 Å². The Morgan fingerprint density at radius 1 is 1.24 bits per heavy atom. The van der Waals surface area contributed by atoms with E-state index in [2.05, 4.69) is 10.7 Å². The van der Waals surface area contributed by atoms with Gasteiger partial charge in [0.25, 0.3) is 0 Å². The molecule has 1 heterocycles. The molecule has 0 aliphatic heterocycles. The van der Waals surface area contributed by atoms with E-state index in [0.717, 1.165) is 39.1 Å². The lowest BCUT2D eigenvalue weighted by atomic mass is 10.1. The van der Waals surface area contributed by atoms with Crippen LogP contribution in [0.5, 0.6) is 0 Å². The van der Waals surface area contributed by atoms with Crippen molar-refractivity contribution in [2.45, 2.75) is 25.3 Å². The normalized spacial score (nSPS) is 15.6. The van der Waals surface area contributed by atoms with E-state index in [1.54, 1.807) is 11.3 Å². The largest absolute Gasteiger partial charge is 0.314 e. The molecule has 1 fully saturated rings. The van der Waals surface area contributed by atoms with E-state index in [4.69, 9.17) is 23.2 Å². The monoisotopic (exact) mass is 285 g/mol. The van der Waals surface area contributed by atoms with Gasteiger partial charge in [-0.05, 0) is 48.9 Å². The van der Waals surface area contributed by atoms with Crippen LogP contribution in [0.2, 0.25) is 10.0 Å². The molecule has 2 aromatic rings. The lowest BCUT2D eigenvalue weighted by Gasteiger charge is -2.03. The number of rotatable bonds is 4. The van der Waals surface area contributed by atoms with Crippen molar-refractivity contribution in [2.75, 3.05) is 6.54 Å². The van der Waals surface area contributed by atoms with E-state index < -0.39 is 0 Å². The second-order valence-electron chi connectivity index (χ2n) is 4.47. The number of nitrogens with one attached hydrogen (secondary N) is 1. The minimum absolute atomic E-state index is 0.763. The van der Waals surface area contributed by atoms with E-state index in [-0.39, 0.29) is 0 Å². The Hall–Kier alpha value is -0.280. The average molecular weight is 286 g/mol. The van der Waals surface area contributed by atoms with Crippen molar-refractivity contribution in [3.63, 3.8) is 0 Å². The van der Waals surface area contributed by atoms with Crippen molar-refractivity contribution in [1.82, 2.24) is 5.32 Å². The topological polar surface area (TPSA) is 12.0 Å². The molecule has 1 aliphatic rings. The Bertz CT molecular complexity index is 546. The summed E-state index contributed by atoms with van der Waals surface area (Å²) >= 11 is 14.1. The van der Waals surface area contributed by atoms with Crippen molar-refractivity contribution in [3.8, 4) is 0 Å². The van der Waals surface area contributed by atoms with Crippen molar-refractivity contribution in [2.24, 2.45) is 0 Å². The van der Waals surface area contributed by atoms with Gasteiger partial charge in [-0.25, -0.2) is 0 Å². The Morgan fingerprint density at radius 3 is 2.76 bits per heavy atom. The van der Waals surface area contributed by atoms with Gasteiger partial charge in [0.1, 0.15) is 0 Å². The lowest BCUT2D eigenvalue weighted by Crippen LogP contribution is -2.19. The molecule has 17 heavy (non-hydrogen) atoms. The third-order valence-corrected chi connectivity index (χ3v) is 4.91. The van der Waals surface area contributed by atoms with Gasteiger partial charge in [0.05, 0.1) is 9.72 Å². The summed E-state index contributed by atoms with van der Waals surface area (Å²) in [6.45, 7) is 1.03. The predicted molar refractivity (Wildman–Crippen MR) is 76.6 cm³/mol. The summed E-state index contributed by atoms with van der Waals surface area (Å²) in [4.78, 5) is 0.